The van der Waals surface area contributed by atoms with Crippen LogP contribution in [-0.4, -0.2) is 40.4 Å². The summed E-state index contributed by atoms with van der Waals surface area (Å²) in [5, 5.41) is 8.51. The summed E-state index contributed by atoms with van der Waals surface area (Å²) < 4.78 is 29.5. The van der Waals surface area contributed by atoms with E-state index in [0.717, 1.165) is 29.9 Å². The molecule has 0 unspecified atom stereocenters. The van der Waals surface area contributed by atoms with E-state index in [0.29, 0.717) is 18.0 Å². The van der Waals surface area contributed by atoms with Crippen LogP contribution < -0.4 is 0 Å². The molecule has 0 N–H and O–H groups in total. The van der Waals surface area contributed by atoms with E-state index in [1.54, 1.807) is 16.4 Å². The molecule has 0 saturated carbocycles. The molecular weight excluding hydrogens is 336 g/mol. The Morgan fingerprint density at radius 2 is 1.88 bits per heavy atom. The molecule has 0 amide bonds. The van der Waals surface area contributed by atoms with Crippen molar-refractivity contribution in [3.63, 3.8) is 0 Å². The molecule has 0 radical (unpaired) electrons. The van der Waals surface area contributed by atoms with Gasteiger partial charge in [0.2, 0.25) is 10.0 Å². The number of rotatable bonds is 3. The summed E-state index contributed by atoms with van der Waals surface area (Å²) in [6, 6.07) is 12.8. The van der Waals surface area contributed by atoms with Crippen molar-refractivity contribution in [2.24, 2.45) is 0 Å². The van der Waals surface area contributed by atoms with Gasteiger partial charge in [0.15, 0.2) is 5.65 Å². The van der Waals surface area contributed by atoms with Gasteiger partial charge in [0.05, 0.1) is 4.90 Å². The topological polar surface area (TPSA) is 67.6 Å². The fourth-order valence-electron chi connectivity index (χ4n) is 3.37. The van der Waals surface area contributed by atoms with Crippen molar-refractivity contribution in [1.82, 2.24) is 18.9 Å². The van der Waals surface area contributed by atoms with E-state index in [1.807, 2.05) is 47.9 Å². The number of aromatic nitrogens is 3. The number of hydrogen-bond donors (Lipinski definition) is 0. The SMILES string of the molecule is Cc1ccc(S(=O)(=O)N2CCC[C@H](c3nnc4ccccn34)C2)cc1. The third-order valence-electron chi connectivity index (χ3n) is 4.75. The molecule has 6 nitrogen and oxygen atoms in total. The highest BCUT2D eigenvalue weighted by Gasteiger charge is 2.32. The molecular formula is C18H20N4O2S. The van der Waals surface area contributed by atoms with Crippen LogP contribution in [0.2, 0.25) is 0 Å². The minimum absolute atomic E-state index is 0.0476. The Morgan fingerprint density at radius 3 is 2.68 bits per heavy atom. The lowest BCUT2D eigenvalue weighted by Crippen LogP contribution is -2.39. The minimum atomic E-state index is -3.48. The average molecular weight is 356 g/mol. The van der Waals surface area contributed by atoms with E-state index in [4.69, 9.17) is 0 Å². The van der Waals surface area contributed by atoms with Crippen LogP contribution in [0.3, 0.4) is 0 Å². The van der Waals surface area contributed by atoms with Gasteiger partial charge in [-0.15, -0.1) is 10.2 Å². The zero-order valence-electron chi connectivity index (χ0n) is 14.0. The molecule has 2 aromatic heterocycles. The molecule has 1 saturated heterocycles. The molecule has 3 aromatic rings. The summed E-state index contributed by atoms with van der Waals surface area (Å²) in [5.41, 5.74) is 1.83. The summed E-state index contributed by atoms with van der Waals surface area (Å²) in [4.78, 5) is 0.352. The maximum atomic E-state index is 13.0. The molecule has 0 bridgehead atoms. The lowest BCUT2D eigenvalue weighted by molar-refractivity contribution is 0.308. The molecule has 1 fully saturated rings. The van der Waals surface area contributed by atoms with Gasteiger partial charge in [-0.3, -0.25) is 4.40 Å². The molecule has 25 heavy (non-hydrogen) atoms. The van der Waals surface area contributed by atoms with Gasteiger partial charge < -0.3 is 0 Å². The molecule has 1 aromatic carbocycles. The van der Waals surface area contributed by atoms with E-state index in [-0.39, 0.29) is 5.92 Å². The number of aryl methyl sites for hydroxylation is 1. The number of benzene rings is 1. The summed E-state index contributed by atoms with van der Waals surface area (Å²) in [6.45, 7) is 2.93. The molecule has 1 aliphatic heterocycles. The summed E-state index contributed by atoms with van der Waals surface area (Å²) in [5.74, 6) is 0.880. The third-order valence-corrected chi connectivity index (χ3v) is 6.63. The van der Waals surface area contributed by atoms with Crippen LogP contribution in [0.25, 0.3) is 5.65 Å². The lowest BCUT2D eigenvalue weighted by atomic mass is 9.99. The van der Waals surface area contributed by atoms with Gasteiger partial charge in [-0.1, -0.05) is 23.8 Å². The first-order chi connectivity index (χ1) is 12.1. The zero-order chi connectivity index (χ0) is 17.4. The number of nitrogens with zero attached hydrogens (tertiary/aromatic N) is 4. The molecule has 7 heteroatoms. The molecule has 1 atom stereocenters. The maximum Gasteiger partial charge on any atom is 0.243 e. The van der Waals surface area contributed by atoms with Gasteiger partial charge in [0.25, 0.3) is 0 Å². The van der Waals surface area contributed by atoms with Crippen molar-refractivity contribution >= 4 is 15.7 Å². The largest absolute Gasteiger partial charge is 0.286 e. The molecule has 0 spiro atoms. The average Bonchev–Trinajstić information content (AvgIpc) is 3.06. The van der Waals surface area contributed by atoms with E-state index in [9.17, 15) is 8.42 Å². The highest BCUT2D eigenvalue weighted by molar-refractivity contribution is 7.89. The van der Waals surface area contributed by atoms with Crippen LogP contribution in [-0.2, 0) is 10.0 Å². The Hall–Kier alpha value is -2.25. The van der Waals surface area contributed by atoms with Gasteiger partial charge in [0, 0.05) is 25.2 Å². The van der Waals surface area contributed by atoms with Crippen LogP contribution in [0.15, 0.2) is 53.6 Å². The Bertz CT molecular complexity index is 995. The van der Waals surface area contributed by atoms with Crippen LogP contribution in [0, 0.1) is 6.92 Å². The second kappa shape index (κ2) is 6.24. The van der Waals surface area contributed by atoms with Crippen LogP contribution in [0.4, 0.5) is 0 Å². The minimum Gasteiger partial charge on any atom is -0.286 e. The van der Waals surface area contributed by atoms with E-state index in [2.05, 4.69) is 10.2 Å². The molecule has 1 aliphatic rings. The molecule has 130 valence electrons. The first-order valence-electron chi connectivity index (χ1n) is 8.42. The van der Waals surface area contributed by atoms with Gasteiger partial charge in [-0.25, -0.2) is 8.42 Å². The van der Waals surface area contributed by atoms with Gasteiger partial charge in [-0.2, -0.15) is 4.31 Å². The van der Waals surface area contributed by atoms with Crippen LogP contribution in [0.5, 0.6) is 0 Å². The fraction of sp³-hybridized carbons (Fsp3) is 0.333. The van der Waals surface area contributed by atoms with Gasteiger partial charge in [0.1, 0.15) is 5.82 Å². The number of fused-ring (bicyclic) bond motifs is 1. The number of pyridine rings is 1. The monoisotopic (exact) mass is 356 g/mol. The quantitative estimate of drug-likeness (QED) is 0.723. The molecule has 4 rings (SSSR count). The normalized spacial score (nSPS) is 19.3. The van der Waals surface area contributed by atoms with E-state index < -0.39 is 10.0 Å². The maximum absolute atomic E-state index is 13.0. The third kappa shape index (κ3) is 2.94. The van der Waals surface area contributed by atoms with Crippen molar-refractivity contribution < 1.29 is 8.42 Å². The summed E-state index contributed by atoms with van der Waals surface area (Å²) in [7, 11) is -3.48. The first kappa shape index (κ1) is 16.2. The standard InChI is InChI=1S/C18H20N4O2S/c1-14-7-9-16(10-8-14)25(23,24)21-11-4-5-15(13-21)18-20-19-17-6-2-3-12-22(17)18/h2-3,6-10,12,15H,4-5,11,13H2,1H3/t15-/m0/s1. The Balaban J connectivity index is 1.63. The number of piperidine rings is 1. The molecule has 0 aliphatic carbocycles. The van der Waals surface area contributed by atoms with E-state index >= 15 is 0 Å². The van der Waals surface area contributed by atoms with Crippen molar-refractivity contribution in [3.05, 3.63) is 60.0 Å². The highest BCUT2D eigenvalue weighted by atomic mass is 32.2. The second-order valence-electron chi connectivity index (χ2n) is 6.50. The van der Waals surface area contributed by atoms with E-state index in [1.165, 1.54) is 0 Å². The van der Waals surface area contributed by atoms with Crippen molar-refractivity contribution in [2.45, 2.75) is 30.6 Å². The number of sulfonamides is 1. The smallest absolute Gasteiger partial charge is 0.243 e. The van der Waals surface area contributed by atoms with Crippen molar-refractivity contribution in [3.8, 4) is 0 Å². The van der Waals surface area contributed by atoms with Crippen molar-refractivity contribution in [2.75, 3.05) is 13.1 Å². The Morgan fingerprint density at radius 1 is 1.08 bits per heavy atom. The summed E-state index contributed by atoms with van der Waals surface area (Å²) >= 11 is 0. The highest BCUT2D eigenvalue weighted by Crippen LogP contribution is 2.29. The first-order valence-corrected chi connectivity index (χ1v) is 9.86. The Kier molecular flexibility index (Phi) is 4.05. The van der Waals surface area contributed by atoms with Crippen molar-refractivity contribution in [1.29, 1.82) is 0 Å². The Labute approximate surface area is 147 Å². The van der Waals surface area contributed by atoms with Gasteiger partial charge >= 0.3 is 0 Å². The number of hydrogen-bond acceptors (Lipinski definition) is 4. The predicted octanol–water partition coefficient (Wildman–Crippen LogP) is 2.61. The molecule has 3 heterocycles. The van der Waals surface area contributed by atoms with Crippen LogP contribution >= 0.6 is 0 Å². The summed E-state index contributed by atoms with van der Waals surface area (Å²) in [6.07, 6.45) is 3.66. The predicted molar refractivity (Wildman–Crippen MR) is 94.9 cm³/mol. The van der Waals surface area contributed by atoms with Gasteiger partial charge in [-0.05, 0) is 44.0 Å². The zero-order valence-corrected chi connectivity index (χ0v) is 14.9. The second-order valence-corrected chi connectivity index (χ2v) is 8.44. The lowest BCUT2D eigenvalue weighted by Gasteiger charge is -2.31. The van der Waals surface area contributed by atoms with Crippen LogP contribution in [0.1, 0.15) is 30.1 Å². The fourth-order valence-corrected chi connectivity index (χ4v) is 4.89.